The predicted octanol–water partition coefficient (Wildman–Crippen LogP) is -0.592. The second kappa shape index (κ2) is 439. The Morgan fingerprint density at radius 3 is 0.571 bits per heavy atom. The molecule has 0 aromatic rings. The second-order valence-electron chi connectivity index (χ2n) is 0. The molecule has 0 aromatic carbocycles. The fourth-order valence-corrected chi connectivity index (χ4v) is 0. The van der Waals surface area contributed by atoms with Crippen LogP contribution in [0.4, 0.5) is 18.8 Å². The van der Waals surface area contributed by atoms with Gasteiger partial charge in [-0.3, -0.25) is 18.8 Å². The van der Waals surface area contributed by atoms with E-state index in [2.05, 4.69) is 12.8 Å². The van der Waals surface area contributed by atoms with Crippen molar-refractivity contribution in [1.82, 2.24) is 0 Å². The first-order valence-corrected chi connectivity index (χ1v) is 0.333. The summed E-state index contributed by atoms with van der Waals surface area (Å²) in [6.07, 6.45) is 8.00. The fraction of sp³-hybridized carbons (Fsp3) is 0. The van der Waals surface area contributed by atoms with Crippen LogP contribution in [0.25, 0.3) is 0 Å². The lowest BCUT2D eigenvalue weighted by Gasteiger charge is -0.701. The summed E-state index contributed by atoms with van der Waals surface area (Å²) in [6, 6.07) is 0. The molecule has 0 heterocycles. The molecule has 0 aliphatic heterocycles. The van der Waals surface area contributed by atoms with Gasteiger partial charge in [0.1, 0.15) is 0 Å². The maximum absolute atomic E-state index is 4.00. The van der Waals surface area contributed by atoms with Crippen LogP contribution >= 0.6 is 0 Å². The van der Waals surface area contributed by atoms with E-state index in [9.17, 15) is 0 Å². The zero-order valence-electron chi connectivity index (χ0n) is 2.79. The summed E-state index contributed by atoms with van der Waals surface area (Å²) >= 11 is 0. The summed E-state index contributed by atoms with van der Waals surface area (Å²) in [4.78, 5) is 0. The van der Waals surface area contributed by atoms with Crippen LogP contribution in [0.5, 0.6) is 0 Å². The van der Waals surface area contributed by atoms with Gasteiger partial charge in [-0.2, -0.15) is 0 Å². The Kier molecular flexibility index (Phi) is 49900. The third-order valence-electron chi connectivity index (χ3n) is 0. The van der Waals surface area contributed by atoms with E-state index in [-0.39, 0.29) is 29.8 Å². The number of halogens is 4. The molecular weight excluding hydrogens is 128 g/mol. The molecule has 0 atom stereocenters. The Morgan fingerprint density at radius 1 is 0.571 bits per heavy atom. The molecule has 7 heavy (non-hydrogen) atoms. The summed E-state index contributed by atoms with van der Waals surface area (Å²) in [5.74, 6) is 0. The standard InChI is InChI=1S/C2H2.4FH.H4Si/c1-2;;;;;/h1-2H;4*1H;1H4. The molecule has 50 valence electrons. The normalized spacial score (nSPS) is 0.286. The molecule has 5 heteroatoms. The van der Waals surface area contributed by atoms with E-state index in [0.29, 0.717) is 0 Å². The lowest BCUT2D eigenvalue weighted by Crippen LogP contribution is -0.576. The van der Waals surface area contributed by atoms with Gasteiger partial charge in [-0.05, 0) is 11.0 Å². The van der Waals surface area contributed by atoms with Gasteiger partial charge in [-0.1, -0.05) is 0 Å². The van der Waals surface area contributed by atoms with E-state index in [1.807, 2.05) is 0 Å². The molecule has 0 spiro atoms. The van der Waals surface area contributed by atoms with Gasteiger partial charge in [-0.15, -0.1) is 12.8 Å². The summed E-state index contributed by atoms with van der Waals surface area (Å²) in [7, 11) is 0. The summed E-state index contributed by atoms with van der Waals surface area (Å²) in [5, 5.41) is 0. The largest absolute Gasteiger partial charge is 0.269 e. The van der Waals surface area contributed by atoms with Crippen molar-refractivity contribution in [3.05, 3.63) is 0 Å². The zero-order valence-corrected chi connectivity index (χ0v) is 2.79. The third kappa shape index (κ3) is 266. The van der Waals surface area contributed by atoms with Gasteiger partial charge in [0, 0.05) is 0 Å². The number of hydrogen-bond acceptors (Lipinski definition) is 0. The van der Waals surface area contributed by atoms with Crippen LogP contribution in [-0.4, -0.2) is 11.0 Å². The van der Waals surface area contributed by atoms with Crippen molar-refractivity contribution < 1.29 is 18.8 Å². The van der Waals surface area contributed by atoms with Crippen LogP contribution in [0.3, 0.4) is 0 Å². The minimum absolute atomic E-state index is 0. The molecule has 0 nitrogen and oxygen atoms in total. The van der Waals surface area contributed by atoms with Gasteiger partial charge in [0.2, 0.25) is 0 Å². The maximum atomic E-state index is 4.00. The maximum Gasteiger partial charge on any atom is -0.0149 e. The highest BCUT2D eigenvalue weighted by Crippen LogP contribution is 0.579. The van der Waals surface area contributed by atoms with Gasteiger partial charge < -0.3 is 0 Å². The highest BCUT2D eigenvalue weighted by Gasteiger charge is 0.454. The average molecular weight is 138 g/mol. The monoisotopic (exact) mass is 138 g/mol. The number of hydrogen-bond donors (Lipinski definition) is 0. The molecule has 0 bridgehead atoms. The molecule has 0 aliphatic carbocycles. The molecule has 0 radical (unpaired) electrons. The first-order valence-electron chi connectivity index (χ1n) is 0.333. The van der Waals surface area contributed by atoms with E-state index < -0.39 is 0 Å². The highest BCUT2D eigenvalue weighted by molar-refractivity contribution is 5.75. The van der Waals surface area contributed by atoms with Crippen molar-refractivity contribution >= 4 is 11.0 Å². The van der Waals surface area contributed by atoms with E-state index >= 15 is 0 Å². The van der Waals surface area contributed by atoms with Gasteiger partial charge in [-0.25, -0.2) is 0 Å². The molecule has 0 aliphatic rings. The van der Waals surface area contributed by atoms with Crippen molar-refractivity contribution in [1.29, 1.82) is 0 Å². The topological polar surface area (TPSA) is 0 Å². The average Bonchev–Trinajstić information content (AvgIpc) is 1.00. The second-order valence-corrected chi connectivity index (χ2v) is 0. The molecule has 0 rings (SSSR count). The van der Waals surface area contributed by atoms with Crippen LogP contribution in [0.2, 0.25) is 0 Å². The van der Waals surface area contributed by atoms with Crippen LogP contribution < -0.4 is 0 Å². The molecule has 0 aromatic heterocycles. The lowest BCUT2D eigenvalue weighted by molar-refractivity contribution is 1.11. The first-order chi connectivity index (χ1) is 1.00. The Morgan fingerprint density at radius 2 is 0.571 bits per heavy atom. The summed E-state index contributed by atoms with van der Waals surface area (Å²) in [6.45, 7) is 0. The van der Waals surface area contributed by atoms with E-state index in [1.165, 1.54) is 0 Å². The first kappa shape index (κ1) is 795. The molecule has 0 amide bonds. The molecule has 0 saturated heterocycles. The molecule has 0 N–H and O–H groups in total. The SMILES string of the molecule is C#C.F.F.F.F.[SiH4]. The van der Waals surface area contributed by atoms with Crippen molar-refractivity contribution in [2.75, 3.05) is 0 Å². The van der Waals surface area contributed by atoms with Crippen LogP contribution in [0.1, 0.15) is 0 Å². The predicted molar refractivity (Wildman–Crippen MR) is 31.2 cm³/mol. The van der Waals surface area contributed by atoms with Gasteiger partial charge in [0.15, 0.2) is 0 Å². The number of terminal acetylenes is 1. The Hall–Kier alpha value is -0.503. The smallest absolute Gasteiger partial charge is 0.0149 e. The molecular formula is C2H10F4Si. The van der Waals surface area contributed by atoms with Crippen molar-refractivity contribution in [2.45, 2.75) is 0 Å². The summed E-state index contributed by atoms with van der Waals surface area (Å²) in [5.41, 5.74) is 0. The fourth-order valence-electron chi connectivity index (χ4n) is 0. The third-order valence-corrected chi connectivity index (χ3v) is 0. The molecule has 0 saturated carbocycles. The van der Waals surface area contributed by atoms with Gasteiger partial charge in [0.05, 0.1) is 0 Å². The Labute approximate surface area is 43.8 Å². The van der Waals surface area contributed by atoms with Crippen LogP contribution in [-0.2, 0) is 0 Å². The van der Waals surface area contributed by atoms with E-state index in [4.69, 9.17) is 0 Å². The van der Waals surface area contributed by atoms with E-state index in [0.717, 1.165) is 0 Å². The van der Waals surface area contributed by atoms with Crippen molar-refractivity contribution in [3.63, 3.8) is 0 Å². The minimum atomic E-state index is 0. The van der Waals surface area contributed by atoms with Crippen molar-refractivity contribution in [3.8, 4) is 12.8 Å². The zero-order chi connectivity index (χ0) is 2.00. The van der Waals surface area contributed by atoms with Crippen LogP contribution in [0, 0.1) is 12.8 Å². The summed E-state index contributed by atoms with van der Waals surface area (Å²) < 4.78 is 0. The highest BCUT2D eigenvalue weighted by atomic mass is 28.1. The molecule has 0 unspecified atom stereocenters. The molecule has 0 fully saturated rings. The minimum Gasteiger partial charge on any atom is -0.269 e. The number of rotatable bonds is 0. The van der Waals surface area contributed by atoms with Gasteiger partial charge in [0.25, 0.3) is 0 Å². The Balaban J connectivity index is -0.000000000500. The van der Waals surface area contributed by atoms with Gasteiger partial charge >= 0.3 is 0 Å². The van der Waals surface area contributed by atoms with Crippen molar-refractivity contribution in [2.24, 2.45) is 0 Å². The lowest BCUT2D eigenvalue weighted by atomic mass is 11.4. The quantitative estimate of drug-likeness (QED) is 0.238. The van der Waals surface area contributed by atoms with Crippen LogP contribution in [0.15, 0.2) is 0 Å². The Bertz CT molecular complexity index is 14.4. The van der Waals surface area contributed by atoms with E-state index in [1.54, 1.807) is 0 Å².